The van der Waals surface area contributed by atoms with Gasteiger partial charge in [0.2, 0.25) is 17.7 Å². The van der Waals surface area contributed by atoms with Crippen molar-refractivity contribution >= 4 is 17.7 Å². The quantitative estimate of drug-likeness (QED) is 0.538. The average Bonchev–Trinajstić information content (AvgIpc) is 3.26. The predicted octanol–water partition coefficient (Wildman–Crippen LogP) is 2.13. The fourth-order valence-electron chi connectivity index (χ4n) is 5.23. The second-order valence-corrected chi connectivity index (χ2v) is 9.78. The van der Waals surface area contributed by atoms with Gasteiger partial charge in [-0.25, -0.2) is 4.39 Å². The highest BCUT2D eigenvalue weighted by Crippen LogP contribution is 2.35. The highest BCUT2D eigenvalue weighted by atomic mass is 19.1. The third-order valence-corrected chi connectivity index (χ3v) is 6.83. The summed E-state index contributed by atoms with van der Waals surface area (Å²) < 4.78 is 13.7. The monoisotopic (exact) mass is 481 g/mol. The number of aliphatic hydroxyl groups is 1. The molecule has 186 valence electrons. The third-order valence-electron chi connectivity index (χ3n) is 6.83. The first-order valence-electron chi connectivity index (χ1n) is 12.1. The SMILES string of the molecule is CC(C)CC1C(=O)NC(C2Cc3ccccc3C2)C(=O)N1C(C(=O)NCCO)c1ccc(F)cc1. The molecule has 0 aromatic heterocycles. The van der Waals surface area contributed by atoms with Crippen molar-refractivity contribution < 1.29 is 23.9 Å². The van der Waals surface area contributed by atoms with Crippen molar-refractivity contribution in [3.8, 4) is 0 Å². The minimum absolute atomic E-state index is 0.000957. The van der Waals surface area contributed by atoms with E-state index in [1.165, 1.54) is 29.2 Å². The molecule has 1 aliphatic heterocycles. The summed E-state index contributed by atoms with van der Waals surface area (Å²) in [5, 5.41) is 14.8. The number of amides is 3. The summed E-state index contributed by atoms with van der Waals surface area (Å²) in [4.78, 5) is 42.2. The lowest BCUT2D eigenvalue weighted by Gasteiger charge is -2.44. The molecule has 1 aliphatic carbocycles. The molecule has 4 rings (SSSR count). The van der Waals surface area contributed by atoms with Crippen LogP contribution in [0.1, 0.15) is 43.0 Å². The number of carbonyl (C=O) groups excluding carboxylic acids is 3. The molecule has 2 aromatic rings. The number of fused-ring (bicyclic) bond motifs is 1. The lowest BCUT2D eigenvalue weighted by atomic mass is 9.88. The van der Waals surface area contributed by atoms with Gasteiger partial charge in [-0.1, -0.05) is 50.2 Å². The van der Waals surface area contributed by atoms with Gasteiger partial charge >= 0.3 is 0 Å². The average molecular weight is 482 g/mol. The highest BCUT2D eigenvalue weighted by molar-refractivity contribution is 6.00. The van der Waals surface area contributed by atoms with Crippen molar-refractivity contribution in [1.29, 1.82) is 0 Å². The second-order valence-electron chi connectivity index (χ2n) is 9.78. The van der Waals surface area contributed by atoms with Gasteiger partial charge in [-0.05, 0) is 59.9 Å². The molecule has 8 heteroatoms. The summed E-state index contributed by atoms with van der Waals surface area (Å²) in [6, 6.07) is 10.6. The fraction of sp³-hybridized carbons (Fsp3) is 0.444. The van der Waals surface area contributed by atoms with E-state index in [4.69, 9.17) is 0 Å². The summed E-state index contributed by atoms with van der Waals surface area (Å²) in [6.07, 6.45) is 1.70. The van der Waals surface area contributed by atoms with Gasteiger partial charge in [-0.3, -0.25) is 14.4 Å². The van der Waals surface area contributed by atoms with E-state index < -0.39 is 29.8 Å². The van der Waals surface area contributed by atoms with Gasteiger partial charge in [0.05, 0.1) is 6.61 Å². The van der Waals surface area contributed by atoms with Gasteiger partial charge in [0.1, 0.15) is 23.9 Å². The van der Waals surface area contributed by atoms with Crippen LogP contribution in [0.15, 0.2) is 48.5 Å². The summed E-state index contributed by atoms with van der Waals surface area (Å²) >= 11 is 0. The Balaban J connectivity index is 1.73. The number of halogens is 1. The number of nitrogens with one attached hydrogen (secondary N) is 2. The first kappa shape index (κ1) is 24.9. The molecule has 1 fully saturated rings. The molecule has 0 saturated carbocycles. The van der Waals surface area contributed by atoms with Crippen molar-refractivity contribution in [2.75, 3.05) is 13.2 Å². The van der Waals surface area contributed by atoms with Crippen LogP contribution >= 0.6 is 0 Å². The van der Waals surface area contributed by atoms with Crippen LogP contribution in [0.5, 0.6) is 0 Å². The summed E-state index contributed by atoms with van der Waals surface area (Å²) in [5.74, 6) is -1.63. The lowest BCUT2D eigenvalue weighted by Crippen LogP contribution is -2.67. The lowest BCUT2D eigenvalue weighted by molar-refractivity contribution is -0.157. The maximum atomic E-state index is 14.1. The van der Waals surface area contributed by atoms with Crippen LogP contribution < -0.4 is 10.6 Å². The molecule has 2 aromatic carbocycles. The molecule has 3 N–H and O–H groups in total. The normalized spacial score (nSPS) is 21.1. The maximum absolute atomic E-state index is 14.1. The van der Waals surface area contributed by atoms with Crippen LogP contribution in [-0.4, -0.2) is 53.0 Å². The minimum atomic E-state index is -1.13. The predicted molar refractivity (Wildman–Crippen MR) is 129 cm³/mol. The molecule has 0 radical (unpaired) electrons. The minimum Gasteiger partial charge on any atom is -0.395 e. The molecule has 1 heterocycles. The molecule has 2 aliphatic rings. The molecule has 0 bridgehead atoms. The summed E-state index contributed by atoms with van der Waals surface area (Å²) in [7, 11) is 0. The Morgan fingerprint density at radius 2 is 1.74 bits per heavy atom. The van der Waals surface area contributed by atoms with Crippen molar-refractivity contribution in [2.24, 2.45) is 11.8 Å². The zero-order chi connectivity index (χ0) is 25.1. The first-order chi connectivity index (χ1) is 16.8. The number of rotatable bonds is 8. The van der Waals surface area contributed by atoms with Crippen molar-refractivity contribution in [2.45, 2.75) is 51.2 Å². The van der Waals surface area contributed by atoms with E-state index in [0.717, 1.165) is 11.1 Å². The number of hydrogen-bond donors (Lipinski definition) is 3. The second kappa shape index (κ2) is 10.6. The van der Waals surface area contributed by atoms with Crippen LogP contribution in [0, 0.1) is 17.7 Å². The molecule has 3 atom stereocenters. The zero-order valence-corrected chi connectivity index (χ0v) is 20.0. The number of piperazine rings is 1. The van der Waals surface area contributed by atoms with Gasteiger partial charge in [0, 0.05) is 6.54 Å². The Kier molecular flexibility index (Phi) is 7.50. The Bertz CT molecular complexity index is 1060. The van der Waals surface area contributed by atoms with Crippen LogP contribution in [0.4, 0.5) is 4.39 Å². The molecule has 3 unspecified atom stereocenters. The van der Waals surface area contributed by atoms with E-state index in [0.29, 0.717) is 24.8 Å². The standard InChI is InChI=1S/C27H32FN3O4/c1-16(2)13-22-25(33)30-23(20-14-18-5-3-4-6-19(18)15-20)27(35)31(22)24(26(34)29-11-12-32)17-7-9-21(28)10-8-17/h3-10,16,20,22-24,32H,11-15H2,1-2H3,(H,29,34)(H,30,33). The largest absolute Gasteiger partial charge is 0.395 e. The smallest absolute Gasteiger partial charge is 0.247 e. The van der Waals surface area contributed by atoms with E-state index in [1.807, 2.05) is 38.1 Å². The van der Waals surface area contributed by atoms with Crippen LogP contribution in [0.3, 0.4) is 0 Å². The Hall–Kier alpha value is -3.26. The van der Waals surface area contributed by atoms with Crippen LogP contribution in [0.2, 0.25) is 0 Å². The number of aliphatic hydroxyl groups excluding tert-OH is 1. The molecular weight excluding hydrogens is 449 g/mol. The van der Waals surface area contributed by atoms with Gasteiger partial charge < -0.3 is 20.6 Å². The van der Waals surface area contributed by atoms with Crippen molar-refractivity contribution in [3.05, 3.63) is 71.0 Å². The molecular formula is C27H32FN3O4. The van der Waals surface area contributed by atoms with E-state index in [-0.39, 0.29) is 36.8 Å². The molecule has 1 saturated heterocycles. The van der Waals surface area contributed by atoms with E-state index in [1.54, 1.807) is 0 Å². The number of hydrogen-bond acceptors (Lipinski definition) is 4. The number of carbonyl (C=O) groups is 3. The van der Waals surface area contributed by atoms with E-state index >= 15 is 0 Å². The third kappa shape index (κ3) is 5.22. The topological polar surface area (TPSA) is 98.7 Å². The zero-order valence-electron chi connectivity index (χ0n) is 20.0. The Morgan fingerprint density at radius 1 is 1.11 bits per heavy atom. The maximum Gasteiger partial charge on any atom is 0.247 e. The van der Waals surface area contributed by atoms with Crippen molar-refractivity contribution in [1.82, 2.24) is 15.5 Å². The number of benzene rings is 2. The number of nitrogens with zero attached hydrogens (tertiary/aromatic N) is 1. The molecule has 35 heavy (non-hydrogen) atoms. The first-order valence-corrected chi connectivity index (χ1v) is 12.1. The van der Waals surface area contributed by atoms with Gasteiger partial charge in [0.25, 0.3) is 0 Å². The van der Waals surface area contributed by atoms with Gasteiger partial charge in [0.15, 0.2) is 0 Å². The molecule has 7 nitrogen and oxygen atoms in total. The van der Waals surface area contributed by atoms with Gasteiger partial charge in [-0.2, -0.15) is 0 Å². The van der Waals surface area contributed by atoms with E-state index in [9.17, 15) is 23.9 Å². The van der Waals surface area contributed by atoms with Crippen LogP contribution in [-0.2, 0) is 27.2 Å². The fourth-order valence-corrected chi connectivity index (χ4v) is 5.23. The van der Waals surface area contributed by atoms with E-state index in [2.05, 4.69) is 10.6 Å². The summed E-state index contributed by atoms with van der Waals surface area (Å²) in [6.45, 7) is 3.64. The summed E-state index contributed by atoms with van der Waals surface area (Å²) in [5.41, 5.74) is 2.73. The van der Waals surface area contributed by atoms with Crippen molar-refractivity contribution in [3.63, 3.8) is 0 Å². The molecule has 3 amide bonds. The van der Waals surface area contributed by atoms with Crippen LogP contribution in [0.25, 0.3) is 0 Å². The Labute approximate surface area is 204 Å². The van der Waals surface area contributed by atoms with Gasteiger partial charge in [-0.15, -0.1) is 0 Å². The molecule has 0 spiro atoms. The Morgan fingerprint density at radius 3 is 2.31 bits per heavy atom. The highest BCUT2D eigenvalue weighted by Gasteiger charge is 2.49.